The molecule has 2 aliphatic heterocycles. The number of nitrogens with one attached hydrogen (secondary N) is 2. The van der Waals surface area contributed by atoms with Gasteiger partial charge in [-0.05, 0) is 83.0 Å². The van der Waals surface area contributed by atoms with Crippen molar-refractivity contribution in [3.05, 3.63) is 154 Å². The first-order valence-corrected chi connectivity index (χ1v) is 20.3. The summed E-state index contributed by atoms with van der Waals surface area (Å²) in [6.45, 7) is 2.54. The standard InChI is InChI=1S/C47H51ClN4O6/c48-39-21-19-38(20-22-39)47(56)23-25-52(26-24-47)30-40-28-43(35-13-11-32(31-53)12-14-35)58-46(57-40)36-17-15-34(16-18-36)37-6-3-5-33(27-37)29-50-44(54)9-4-10-45(55)51-42-8-2-1-7-41(42)49/h1-3,5-8,11-22,27,40,43,46,53,56H,4,9-10,23-26,28-31,49H2,(H,50,54)(H,51,55)/t40-,43+,46+/m0/s1. The van der Waals surface area contributed by atoms with Crippen LogP contribution in [-0.4, -0.2) is 52.7 Å². The van der Waals surface area contributed by atoms with E-state index in [1.165, 1.54) is 0 Å². The van der Waals surface area contributed by atoms with Crippen LogP contribution >= 0.6 is 11.6 Å². The van der Waals surface area contributed by atoms with E-state index < -0.39 is 11.9 Å². The molecule has 3 atom stereocenters. The molecule has 0 aromatic heterocycles. The average Bonchev–Trinajstić information content (AvgIpc) is 3.25. The highest BCUT2D eigenvalue weighted by Crippen LogP contribution is 2.40. The Morgan fingerprint density at radius 3 is 2.22 bits per heavy atom. The van der Waals surface area contributed by atoms with Crippen LogP contribution in [0.25, 0.3) is 11.1 Å². The van der Waals surface area contributed by atoms with Crippen LogP contribution in [0.1, 0.15) is 78.7 Å². The number of anilines is 2. The van der Waals surface area contributed by atoms with E-state index in [0.29, 0.717) is 55.2 Å². The van der Waals surface area contributed by atoms with Crippen molar-refractivity contribution in [2.75, 3.05) is 30.7 Å². The molecule has 0 unspecified atom stereocenters. The Morgan fingerprint density at radius 2 is 1.50 bits per heavy atom. The van der Waals surface area contributed by atoms with Gasteiger partial charge in [0.25, 0.3) is 0 Å². The van der Waals surface area contributed by atoms with Crippen molar-refractivity contribution in [2.24, 2.45) is 0 Å². The number of likely N-dealkylation sites (tertiary alicyclic amines) is 1. The number of nitrogen functional groups attached to an aromatic ring is 1. The molecule has 7 rings (SSSR count). The molecule has 5 aromatic carbocycles. The maximum atomic E-state index is 12.6. The van der Waals surface area contributed by atoms with Gasteiger partial charge in [-0.3, -0.25) is 9.59 Å². The molecule has 0 bridgehead atoms. The monoisotopic (exact) mass is 802 g/mol. The number of nitrogens with two attached hydrogens (primary N) is 1. The Bertz CT molecular complexity index is 2140. The highest BCUT2D eigenvalue weighted by Gasteiger charge is 2.37. The Balaban J connectivity index is 0.951. The molecule has 0 radical (unpaired) electrons. The van der Waals surface area contributed by atoms with Crippen LogP contribution in [0.3, 0.4) is 0 Å². The van der Waals surface area contributed by atoms with Crippen molar-refractivity contribution in [2.45, 2.75) is 75.8 Å². The first-order valence-electron chi connectivity index (χ1n) is 20.0. The maximum Gasteiger partial charge on any atom is 0.224 e. The summed E-state index contributed by atoms with van der Waals surface area (Å²) in [6, 6.07) is 38.7. The molecule has 302 valence electrons. The summed E-state index contributed by atoms with van der Waals surface area (Å²) in [5.74, 6) is -0.294. The lowest BCUT2D eigenvalue weighted by Gasteiger charge is -2.42. The zero-order valence-corrected chi connectivity index (χ0v) is 33.2. The summed E-state index contributed by atoms with van der Waals surface area (Å²) in [5, 5.41) is 27.5. The van der Waals surface area contributed by atoms with E-state index in [1.807, 2.05) is 78.9 Å². The molecule has 2 amide bonds. The lowest BCUT2D eigenvalue weighted by atomic mass is 9.84. The van der Waals surface area contributed by atoms with Crippen LogP contribution in [0.15, 0.2) is 121 Å². The van der Waals surface area contributed by atoms with Gasteiger partial charge >= 0.3 is 0 Å². The number of benzene rings is 5. The highest BCUT2D eigenvalue weighted by atomic mass is 35.5. The summed E-state index contributed by atoms with van der Waals surface area (Å²) in [6.07, 6.45) is 1.90. The first-order chi connectivity index (χ1) is 28.1. The third-order valence-corrected chi connectivity index (χ3v) is 11.4. The van der Waals surface area contributed by atoms with Gasteiger partial charge in [0, 0.05) is 56.0 Å². The summed E-state index contributed by atoms with van der Waals surface area (Å²) in [5.41, 5.74) is 12.8. The van der Waals surface area contributed by atoms with Gasteiger partial charge < -0.3 is 41.0 Å². The third-order valence-electron chi connectivity index (χ3n) is 11.1. The van der Waals surface area contributed by atoms with Crippen molar-refractivity contribution < 1.29 is 29.3 Å². The molecule has 2 aliphatic rings. The van der Waals surface area contributed by atoms with Crippen LogP contribution in [0.4, 0.5) is 11.4 Å². The van der Waals surface area contributed by atoms with Gasteiger partial charge in [0.05, 0.1) is 35.8 Å². The van der Waals surface area contributed by atoms with Crippen molar-refractivity contribution >= 4 is 34.8 Å². The summed E-state index contributed by atoms with van der Waals surface area (Å²) < 4.78 is 13.3. The zero-order valence-electron chi connectivity index (χ0n) is 32.5. The number of ether oxygens (including phenoxy) is 2. The topological polar surface area (TPSA) is 146 Å². The molecule has 0 spiro atoms. The van der Waals surface area contributed by atoms with Crippen LogP contribution in [0.5, 0.6) is 0 Å². The number of hydrogen-bond donors (Lipinski definition) is 5. The molecule has 58 heavy (non-hydrogen) atoms. The fourth-order valence-corrected chi connectivity index (χ4v) is 7.82. The van der Waals surface area contributed by atoms with E-state index in [2.05, 4.69) is 33.7 Å². The fourth-order valence-electron chi connectivity index (χ4n) is 7.69. The minimum atomic E-state index is -0.883. The van der Waals surface area contributed by atoms with E-state index >= 15 is 0 Å². The summed E-state index contributed by atoms with van der Waals surface area (Å²) >= 11 is 6.10. The minimum absolute atomic E-state index is 0.0185. The number of carbonyl (C=O) groups is 2. The van der Waals surface area contributed by atoms with Gasteiger partial charge in [-0.2, -0.15) is 0 Å². The van der Waals surface area contributed by atoms with Crippen molar-refractivity contribution in [1.29, 1.82) is 0 Å². The second kappa shape index (κ2) is 19.1. The molecule has 2 heterocycles. The van der Waals surface area contributed by atoms with E-state index in [0.717, 1.165) is 52.0 Å². The molecule has 0 saturated carbocycles. The van der Waals surface area contributed by atoms with Gasteiger partial charge in [0.15, 0.2) is 6.29 Å². The van der Waals surface area contributed by atoms with E-state index in [-0.39, 0.29) is 43.5 Å². The number of amides is 2. The number of para-hydroxylation sites is 2. The minimum Gasteiger partial charge on any atom is -0.397 e. The molecule has 0 aliphatic carbocycles. The van der Waals surface area contributed by atoms with Crippen molar-refractivity contribution in [3.8, 4) is 11.1 Å². The lowest BCUT2D eigenvalue weighted by Crippen LogP contribution is -2.46. The molecule has 2 saturated heterocycles. The van der Waals surface area contributed by atoms with Gasteiger partial charge in [0.1, 0.15) is 0 Å². The maximum absolute atomic E-state index is 12.6. The van der Waals surface area contributed by atoms with Gasteiger partial charge in [-0.15, -0.1) is 0 Å². The van der Waals surface area contributed by atoms with E-state index in [9.17, 15) is 19.8 Å². The highest BCUT2D eigenvalue weighted by molar-refractivity contribution is 6.30. The Labute approximate surface area is 344 Å². The number of aliphatic hydroxyl groups is 2. The van der Waals surface area contributed by atoms with E-state index in [1.54, 1.807) is 24.3 Å². The summed E-state index contributed by atoms with van der Waals surface area (Å²) in [7, 11) is 0. The second-order valence-electron chi connectivity index (χ2n) is 15.3. The van der Waals surface area contributed by atoms with Crippen LogP contribution in [0.2, 0.25) is 5.02 Å². The lowest BCUT2D eigenvalue weighted by molar-refractivity contribution is -0.253. The van der Waals surface area contributed by atoms with Crippen LogP contribution in [0, 0.1) is 0 Å². The van der Waals surface area contributed by atoms with Crippen LogP contribution < -0.4 is 16.4 Å². The number of piperidine rings is 1. The average molecular weight is 803 g/mol. The third kappa shape index (κ3) is 10.7. The predicted octanol–water partition coefficient (Wildman–Crippen LogP) is 8.04. The zero-order chi connectivity index (χ0) is 40.5. The van der Waals surface area contributed by atoms with Gasteiger partial charge in [0.2, 0.25) is 11.8 Å². The number of halogens is 1. The number of carbonyl (C=O) groups excluding carboxylic acids is 2. The second-order valence-corrected chi connectivity index (χ2v) is 15.7. The van der Waals surface area contributed by atoms with Crippen LogP contribution in [-0.2, 0) is 37.8 Å². The smallest absolute Gasteiger partial charge is 0.224 e. The molecule has 6 N–H and O–H groups in total. The first kappa shape index (κ1) is 41.1. The molecule has 10 nitrogen and oxygen atoms in total. The van der Waals surface area contributed by atoms with Crippen molar-refractivity contribution in [3.63, 3.8) is 0 Å². The number of hydrogen-bond acceptors (Lipinski definition) is 8. The van der Waals surface area contributed by atoms with Crippen molar-refractivity contribution in [1.82, 2.24) is 10.2 Å². The molecule has 2 fully saturated rings. The fraction of sp³-hybridized carbons (Fsp3) is 0.319. The number of aliphatic hydroxyl groups excluding tert-OH is 1. The Morgan fingerprint density at radius 1 is 0.793 bits per heavy atom. The summed E-state index contributed by atoms with van der Waals surface area (Å²) in [4.78, 5) is 27.3. The quantitative estimate of drug-likeness (QED) is 0.0710. The number of nitrogens with zero attached hydrogens (tertiary/aromatic N) is 1. The van der Waals surface area contributed by atoms with E-state index in [4.69, 9.17) is 26.8 Å². The molecule has 11 heteroatoms. The SMILES string of the molecule is Nc1ccccc1NC(=O)CCCC(=O)NCc1cccc(-c2ccc([C@@H]3O[C@H](CN4CCC(O)(c5ccc(Cl)cc5)CC4)C[C@H](c4ccc(CO)cc4)O3)cc2)c1. The Kier molecular flexibility index (Phi) is 13.6. The Hall–Kier alpha value is -5.07. The molecular formula is C47H51ClN4O6. The van der Waals surface area contributed by atoms with Gasteiger partial charge in [-0.1, -0.05) is 103 Å². The normalized spacial score (nSPS) is 19.3. The largest absolute Gasteiger partial charge is 0.397 e. The predicted molar refractivity (Wildman–Crippen MR) is 227 cm³/mol. The van der Waals surface area contributed by atoms with Gasteiger partial charge in [-0.25, -0.2) is 0 Å². The molecular weight excluding hydrogens is 752 g/mol. The molecule has 5 aromatic rings. The number of rotatable bonds is 14.